The van der Waals surface area contributed by atoms with Gasteiger partial charge in [-0.25, -0.2) is 8.42 Å². The van der Waals surface area contributed by atoms with Crippen molar-refractivity contribution in [2.24, 2.45) is 11.1 Å². The third-order valence-corrected chi connectivity index (χ3v) is 5.82. The first-order valence-electron chi connectivity index (χ1n) is 6.50. The summed E-state index contributed by atoms with van der Waals surface area (Å²) in [7, 11) is -3.47. The zero-order valence-electron chi connectivity index (χ0n) is 11.5. The molecule has 0 bridgehead atoms. The van der Waals surface area contributed by atoms with E-state index >= 15 is 0 Å². The molecule has 1 aromatic rings. The molecule has 20 heavy (non-hydrogen) atoms. The molecule has 0 spiro atoms. The maximum Gasteiger partial charge on any atom is 0.312 e. The van der Waals surface area contributed by atoms with Gasteiger partial charge in [0.2, 0.25) is 0 Å². The molecule has 0 aliphatic heterocycles. The second-order valence-electron chi connectivity index (χ2n) is 5.37. The van der Waals surface area contributed by atoms with E-state index < -0.39 is 32.4 Å². The summed E-state index contributed by atoms with van der Waals surface area (Å²) in [5, 5.41) is 8.49. The van der Waals surface area contributed by atoms with Crippen LogP contribution in [0.2, 0.25) is 0 Å². The van der Waals surface area contributed by atoms with Gasteiger partial charge in [-0.15, -0.1) is 0 Å². The lowest BCUT2D eigenvalue weighted by Crippen LogP contribution is -2.31. The molecule has 1 aliphatic rings. The zero-order chi connectivity index (χ0) is 15.1. The summed E-state index contributed by atoms with van der Waals surface area (Å²) in [6.07, 6.45) is 1.95. The van der Waals surface area contributed by atoms with E-state index in [-0.39, 0.29) is 6.54 Å². The summed E-state index contributed by atoms with van der Waals surface area (Å²) in [6, 6.07) is 7.41. The Balaban J connectivity index is 2.46. The molecule has 1 aromatic carbocycles. The first kappa shape index (κ1) is 15.0. The Morgan fingerprint density at radius 1 is 1.35 bits per heavy atom. The van der Waals surface area contributed by atoms with Crippen molar-refractivity contribution < 1.29 is 18.3 Å². The van der Waals surface area contributed by atoms with Crippen LogP contribution < -0.4 is 5.73 Å². The van der Waals surface area contributed by atoms with Gasteiger partial charge in [0.1, 0.15) is 5.41 Å². The van der Waals surface area contributed by atoms with Crippen LogP contribution in [0.3, 0.4) is 0 Å². The van der Waals surface area contributed by atoms with Crippen molar-refractivity contribution in [2.75, 3.05) is 12.8 Å². The molecule has 110 valence electrons. The summed E-state index contributed by atoms with van der Waals surface area (Å²) in [5.74, 6) is -1.70. The second kappa shape index (κ2) is 4.86. The number of rotatable bonds is 5. The van der Waals surface area contributed by atoms with Gasteiger partial charge in [0.25, 0.3) is 0 Å². The van der Waals surface area contributed by atoms with Crippen molar-refractivity contribution in [1.29, 1.82) is 0 Å². The highest BCUT2D eigenvalue weighted by Crippen LogP contribution is 2.62. The van der Waals surface area contributed by atoms with E-state index in [9.17, 15) is 18.3 Å². The lowest BCUT2D eigenvalue weighted by molar-refractivity contribution is -0.143. The zero-order valence-corrected chi connectivity index (χ0v) is 12.4. The molecule has 1 fully saturated rings. The fraction of sp³-hybridized carbons (Fsp3) is 0.500. The van der Waals surface area contributed by atoms with Crippen LogP contribution >= 0.6 is 0 Å². The summed E-state index contributed by atoms with van der Waals surface area (Å²) in [4.78, 5) is 11.5. The van der Waals surface area contributed by atoms with E-state index in [4.69, 9.17) is 5.73 Å². The number of aryl methyl sites for hydroxylation is 1. The largest absolute Gasteiger partial charge is 0.481 e. The molecule has 1 saturated carbocycles. The van der Waals surface area contributed by atoms with Gasteiger partial charge in [0.05, 0.1) is 5.25 Å². The maximum absolute atomic E-state index is 11.9. The van der Waals surface area contributed by atoms with Gasteiger partial charge in [0.15, 0.2) is 9.84 Å². The minimum absolute atomic E-state index is 0.180. The Morgan fingerprint density at radius 2 is 1.90 bits per heavy atom. The third-order valence-electron chi connectivity index (χ3n) is 4.20. The van der Waals surface area contributed by atoms with Crippen LogP contribution in [0.25, 0.3) is 0 Å². The van der Waals surface area contributed by atoms with Crippen molar-refractivity contribution in [3.05, 3.63) is 35.4 Å². The van der Waals surface area contributed by atoms with Crippen molar-refractivity contribution >= 4 is 15.8 Å². The Morgan fingerprint density at radius 3 is 2.20 bits per heavy atom. The van der Waals surface area contributed by atoms with Crippen LogP contribution in [0.1, 0.15) is 24.0 Å². The Hall–Kier alpha value is -1.40. The first-order valence-corrected chi connectivity index (χ1v) is 8.45. The van der Waals surface area contributed by atoms with Crippen molar-refractivity contribution in [2.45, 2.75) is 24.5 Å². The van der Waals surface area contributed by atoms with Gasteiger partial charge in [-0.05, 0) is 17.5 Å². The summed E-state index contributed by atoms with van der Waals surface area (Å²) in [5.41, 5.74) is 6.06. The van der Waals surface area contributed by atoms with Crippen molar-refractivity contribution in [3.8, 4) is 0 Å². The number of carboxylic acid groups (broad SMARTS) is 1. The topological polar surface area (TPSA) is 97.5 Å². The number of carboxylic acids is 1. The molecule has 3 atom stereocenters. The minimum atomic E-state index is -3.47. The quantitative estimate of drug-likeness (QED) is 0.837. The standard InChI is InChI=1S/C14H19NO4S/c1-3-9-4-6-10(7-5-9)11-12(20(2,18)19)14(11,8-15)13(16)17/h4-7,11-12H,3,8,15H2,1-2H3,(H,16,17)/t11-,12+,14-/m1/s1. The predicted molar refractivity (Wildman–Crippen MR) is 76.3 cm³/mol. The van der Waals surface area contributed by atoms with E-state index in [1.807, 2.05) is 31.2 Å². The van der Waals surface area contributed by atoms with Crippen LogP contribution in [0, 0.1) is 5.41 Å². The third kappa shape index (κ3) is 2.13. The van der Waals surface area contributed by atoms with Gasteiger partial charge in [-0.2, -0.15) is 0 Å². The smallest absolute Gasteiger partial charge is 0.312 e. The molecule has 6 heteroatoms. The Labute approximate surface area is 118 Å². The molecule has 3 N–H and O–H groups in total. The first-order chi connectivity index (χ1) is 9.29. The van der Waals surface area contributed by atoms with E-state index in [1.165, 1.54) is 0 Å². The number of hydrogen-bond acceptors (Lipinski definition) is 4. The fourth-order valence-electron chi connectivity index (χ4n) is 3.05. The molecule has 0 saturated heterocycles. The molecule has 0 aromatic heterocycles. The van der Waals surface area contributed by atoms with E-state index in [0.717, 1.165) is 23.8 Å². The number of benzene rings is 1. The molecule has 0 radical (unpaired) electrons. The second-order valence-corrected chi connectivity index (χ2v) is 7.54. The minimum Gasteiger partial charge on any atom is -0.481 e. The van der Waals surface area contributed by atoms with E-state index in [2.05, 4.69) is 0 Å². The monoisotopic (exact) mass is 297 g/mol. The number of hydrogen-bond donors (Lipinski definition) is 2. The van der Waals surface area contributed by atoms with Gasteiger partial charge in [0, 0.05) is 18.7 Å². The lowest BCUT2D eigenvalue weighted by atomic mass is 9.98. The number of carbonyl (C=O) groups is 1. The maximum atomic E-state index is 11.9. The molecule has 0 heterocycles. The number of aliphatic carboxylic acids is 1. The van der Waals surface area contributed by atoms with Crippen LogP contribution in [0.15, 0.2) is 24.3 Å². The Bertz CT molecular complexity index is 623. The summed E-state index contributed by atoms with van der Waals surface area (Å²) < 4.78 is 23.7. The molecule has 2 rings (SSSR count). The average Bonchev–Trinajstić information content (AvgIpc) is 3.09. The molecule has 5 nitrogen and oxygen atoms in total. The van der Waals surface area contributed by atoms with E-state index in [0.29, 0.717) is 0 Å². The van der Waals surface area contributed by atoms with E-state index in [1.54, 1.807) is 0 Å². The van der Waals surface area contributed by atoms with Crippen LogP contribution in [-0.2, 0) is 21.1 Å². The SMILES string of the molecule is CCc1ccc([C@@H]2[C@H](S(C)(=O)=O)[C@]2(CN)C(=O)O)cc1. The normalized spacial score (nSPS) is 29.1. The van der Waals surface area contributed by atoms with Gasteiger partial charge in [-0.3, -0.25) is 4.79 Å². The molecule has 1 aliphatic carbocycles. The molecule has 0 amide bonds. The summed E-state index contributed by atoms with van der Waals surface area (Å²) >= 11 is 0. The Kier molecular flexibility index (Phi) is 3.64. The van der Waals surface area contributed by atoms with Gasteiger partial charge in [-0.1, -0.05) is 31.2 Å². The highest BCUT2D eigenvalue weighted by Gasteiger charge is 2.74. The average molecular weight is 297 g/mol. The fourth-order valence-corrected chi connectivity index (χ4v) is 4.98. The van der Waals surface area contributed by atoms with Crippen molar-refractivity contribution in [3.63, 3.8) is 0 Å². The van der Waals surface area contributed by atoms with Gasteiger partial charge < -0.3 is 10.8 Å². The lowest BCUT2D eigenvalue weighted by Gasteiger charge is -2.09. The molecular formula is C14H19NO4S. The van der Waals surface area contributed by atoms with Crippen molar-refractivity contribution in [1.82, 2.24) is 0 Å². The van der Waals surface area contributed by atoms with Crippen LogP contribution in [-0.4, -0.2) is 37.5 Å². The van der Waals surface area contributed by atoms with Crippen LogP contribution in [0.5, 0.6) is 0 Å². The number of nitrogens with two attached hydrogens (primary N) is 1. The highest BCUT2D eigenvalue weighted by molar-refractivity contribution is 7.91. The predicted octanol–water partition coefficient (Wildman–Crippen LogP) is 0.789. The molecular weight excluding hydrogens is 278 g/mol. The number of sulfone groups is 1. The van der Waals surface area contributed by atoms with Gasteiger partial charge >= 0.3 is 5.97 Å². The van der Waals surface area contributed by atoms with Crippen LogP contribution in [0.4, 0.5) is 0 Å². The molecule has 0 unspecified atom stereocenters. The highest BCUT2D eigenvalue weighted by atomic mass is 32.2. The summed E-state index contributed by atoms with van der Waals surface area (Å²) in [6.45, 7) is 1.84.